The second-order valence-electron chi connectivity index (χ2n) is 6.12. The number of Topliss-reactive ketones (excluding diaryl/α,β-unsaturated/α-hetero) is 1. The molecule has 27 heavy (non-hydrogen) atoms. The zero-order valence-electron chi connectivity index (χ0n) is 14.2. The molecule has 0 unspecified atom stereocenters. The Morgan fingerprint density at radius 2 is 1.67 bits per heavy atom. The number of para-hydroxylation sites is 1. The number of carbonyl (C=O) groups excluding carboxylic acids is 2. The maximum Gasteiger partial charge on any atom is 0.271 e. The van der Waals surface area contributed by atoms with Crippen molar-refractivity contribution in [2.45, 2.75) is 0 Å². The van der Waals surface area contributed by atoms with E-state index in [0.29, 0.717) is 21.8 Å². The van der Waals surface area contributed by atoms with Gasteiger partial charge in [0.25, 0.3) is 11.5 Å². The van der Waals surface area contributed by atoms with Crippen molar-refractivity contribution in [2.24, 2.45) is 0 Å². The van der Waals surface area contributed by atoms with Gasteiger partial charge >= 0.3 is 0 Å². The van der Waals surface area contributed by atoms with Gasteiger partial charge in [0.2, 0.25) is 5.78 Å². The van der Waals surface area contributed by atoms with E-state index in [0.717, 1.165) is 0 Å². The summed E-state index contributed by atoms with van der Waals surface area (Å²) in [6.07, 6.45) is 1.56. The van der Waals surface area contributed by atoms with Crippen molar-refractivity contribution in [3.05, 3.63) is 85.6 Å². The molecule has 7 heteroatoms. The number of rotatable bonds is 1. The highest BCUT2D eigenvalue weighted by molar-refractivity contribution is 6.51. The lowest BCUT2D eigenvalue weighted by Crippen LogP contribution is -2.44. The minimum atomic E-state index is -0.484. The molecule has 0 fully saturated rings. The van der Waals surface area contributed by atoms with E-state index >= 15 is 0 Å². The zero-order valence-corrected chi connectivity index (χ0v) is 15.0. The van der Waals surface area contributed by atoms with Gasteiger partial charge in [0, 0.05) is 17.6 Å². The van der Waals surface area contributed by atoms with E-state index in [1.807, 2.05) is 0 Å². The average Bonchev–Trinajstić information content (AvgIpc) is 3.02. The van der Waals surface area contributed by atoms with Gasteiger partial charge in [-0.05, 0) is 29.8 Å². The van der Waals surface area contributed by atoms with Gasteiger partial charge in [-0.2, -0.15) is 0 Å². The molecular weight excluding hydrogens is 366 g/mol. The lowest BCUT2D eigenvalue weighted by atomic mass is 9.95. The number of anilines is 1. The summed E-state index contributed by atoms with van der Waals surface area (Å²) in [5.41, 5.74) is 1.01. The molecule has 0 bridgehead atoms. The number of hydrogen-bond donors (Lipinski definition) is 2. The van der Waals surface area contributed by atoms with Crippen molar-refractivity contribution in [1.82, 2.24) is 10.2 Å². The van der Waals surface area contributed by atoms with Gasteiger partial charge in [-0.15, -0.1) is 0 Å². The highest BCUT2D eigenvalue weighted by Gasteiger charge is 2.33. The minimum absolute atomic E-state index is 0.0900. The molecule has 0 aliphatic carbocycles. The predicted octanol–water partition coefficient (Wildman–Crippen LogP) is 1.20. The Labute approximate surface area is 158 Å². The number of aromatic amines is 2. The zero-order chi connectivity index (χ0) is 19.1. The first-order valence-corrected chi connectivity index (χ1v) is 8.56. The number of nitrogens with one attached hydrogen (secondary N) is 2. The minimum Gasteiger partial charge on any atom is -0.310 e. The van der Waals surface area contributed by atoms with E-state index in [2.05, 4.69) is 10.2 Å². The molecule has 3 aromatic rings. The first-order chi connectivity index (χ1) is 13.0. The highest BCUT2D eigenvalue weighted by atomic mass is 35.5. The maximum absolute atomic E-state index is 13.0. The van der Waals surface area contributed by atoms with Crippen LogP contribution >= 0.6 is 11.6 Å². The highest BCUT2D eigenvalue weighted by Crippen LogP contribution is 2.28. The number of fused-ring (bicyclic) bond motifs is 1. The van der Waals surface area contributed by atoms with Crippen molar-refractivity contribution < 1.29 is 9.59 Å². The Bertz CT molecular complexity index is 1270. The lowest BCUT2D eigenvalue weighted by molar-refractivity contribution is -0.113. The molecule has 2 aromatic carbocycles. The van der Waals surface area contributed by atoms with Gasteiger partial charge in [0.05, 0.1) is 16.3 Å². The number of H-pyrrole nitrogens is 2. The van der Waals surface area contributed by atoms with Gasteiger partial charge in [0.15, 0.2) is 0 Å². The molecule has 0 saturated carbocycles. The molecule has 1 aliphatic heterocycles. The summed E-state index contributed by atoms with van der Waals surface area (Å²) in [5, 5.41) is 5.91. The summed E-state index contributed by atoms with van der Waals surface area (Å²) in [4.78, 5) is 39.6. The molecule has 134 valence electrons. The summed E-state index contributed by atoms with van der Waals surface area (Å²) >= 11 is 6.18. The van der Waals surface area contributed by atoms with Crippen LogP contribution in [0.2, 0.25) is 5.02 Å². The van der Waals surface area contributed by atoms with Crippen LogP contribution < -0.4 is 21.0 Å². The number of ketones is 1. The molecule has 0 spiro atoms. The van der Waals surface area contributed by atoms with Crippen LogP contribution in [0.25, 0.3) is 11.6 Å². The van der Waals surface area contributed by atoms with Crippen molar-refractivity contribution in [3.63, 3.8) is 0 Å². The Morgan fingerprint density at radius 3 is 2.44 bits per heavy atom. The summed E-state index contributed by atoms with van der Waals surface area (Å²) in [7, 11) is 1.59. The average molecular weight is 380 g/mol. The van der Waals surface area contributed by atoms with Gasteiger partial charge in [0.1, 0.15) is 5.57 Å². The summed E-state index contributed by atoms with van der Waals surface area (Å²) in [6.45, 7) is 0. The van der Waals surface area contributed by atoms with Gasteiger partial charge in [-0.1, -0.05) is 41.9 Å². The monoisotopic (exact) mass is 379 g/mol. The van der Waals surface area contributed by atoms with Crippen molar-refractivity contribution >= 4 is 40.6 Å². The van der Waals surface area contributed by atoms with Crippen molar-refractivity contribution in [1.29, 1.82) is 0 Å². The second kappa shape index (κ2) is 6.41. The number of benzene rings is 2. The third-order valence-corrected chi connectivity index (χ3v) is 4.87. The Balaban J connectivity index is 2.07. The largest absolute Gasteiger partial charge is 0.310 e. The predicted molar refractivity (Wildman–Crippen MR) is 103 cm³/mol. The molecule has 2 N–H and O–H groups in total. The van der Waals surface area contributed by atoms with Gasteiger partial charge in [-0.25, -0.2) is 0 Å². The first kappa shape index (κ1) is 17.1. The fourth-order valence-electron chi connectivity index (χ4n) is 3.14. The molecule has 1 amide bonds. The smallest absolute Gasteiger partial charge is 0.271 e. The number of aromatic nitrogens is 2. The topological polar surface area (TPSA) is 86.0 Å². The fourth-order valence-corrected chi connectivity index (χ4v) is 3.33. The third-order valence-electron chi connectivity index (χ3n) is 4.53. The molecule has 0 saturated heterocycles. The van der Waals surface area contributed by atoms with Crippen LogP contribution in [0.5, 0.6) is 0 Å². The van der Waals surface area contributed by atoms with Crippen molar-refractivity contribution in [2.75, 3.05) is 11.9 Å². The van der Waals surface area contributed by atoms with Gasteiger partial charge in [-0.3, -0.25) is 24.6 Å². The number of amides is 1. The van der Waals surface area contributed by atoms with E-state index < -0.39 is 17.2 Å². The van der Waals surface area contributed by atoms with Gasteiger partial charge < -0.3 is 4.90 Å². The summed E-state index contributed by atoms with van der Waals surface area (Å²) < 4.78 is 0. The molecular formula is C20H14ClN3O3. The van der Waals surface area contributed by atoms with Crippen LogP contribution in [0.4, 0.5) is 5.69 Å². The van der Waals surface area contributed by atoms with Crippen LogP contribution in [0.3, 0.4) is 0 Å². The molecule has 0 atom stereocenters. The normalized spacial score (nSPS) is 16.7. The SMILES string of the molecule is CN1C(=O)/C(=c2/[nH][nH]c(=O)/c2=C\c2ccccc2Cl)C(=O)c2ccccc21. The second-order valence-corrected chi connectivity index (χ2v) is 6.53. The fraction of sp³-hybridized carbons (Fsp3) is 0.0500. The first-order valence-electron chi connectivity index (χ1n) is 8.18. The molecule has 0 radical (unpaired) electrons. The Kier molecular flexibility index (Phi) is 4.05. The van der Waals surface area contributed by atoms with Crippen LogP contribution in [0.15, 0.2) is 53.3 Å². The number of nitrogens with zero attached hydrogens (tertiary/aromatic N) is 1. The third kappa shape index (κ3) is 2.71. The van der Waals surface area contributed by atoms with E-state index in [9.17, 15) is 14.4 Å². The Hall–Kier alpha value is -3.38. The number of halogens is 1. The van der Waals surface area contributed by atoms with Crippen molar-refractivity contribution in [3.8, 4) is 0 Å². The van der Waals surface area contributed by atoms with Crippen LogP contribution in [0, 0.1) is 0 Å². The number of carbonyl (C=O) groups is 2. The molecule has 4 rings (SSSR count). The van der Waals surface area contributed by atoms with E-state index in [4.69, 9.17) is 11.6 Å². The number of hydrogen-bond acceptors (Lipinski definition) is 3. The van der Waals surface area contributed by atoms with Crippen LogP contribution in [-0.2, 0) is 4.79 Å². The van der Waals surface area contributed by atoms with Crippen LogP contribution in [-0.4, -0.2) is 28.9 Å². The Morgan fingerprint density at radius 1 is 0.963 bits per heavy atom. The summed E-state index contributed by atoms with van der Waals surface area (Å²) in [6, 6.07) is 13.9. The molecule has 2 heterocycles. The van der Waals surface area contributed by atoms with Crippen LogP contribution in [0.1, 0.15) is 15.9 Å². The molecule has 1 aliphatic rings. The van der Waals surface area contributed by atoms with E-state index in [1.165, 1.54) is 4.90 Å². The standard InChI is InChI=1S/C20H14ClN3O3/c1-24-15-9-5-3-7-12(15)18(25)16(20(24)27)17-13(19(26)23-22-17)10-11-6-2-4-8-14(11)21/h2-10,22H,1H3,(H,23,26)/b13-10-,17-16+. The van der Waals surface area contributed by atoms with E-state index in [-0.39, 0.29) is 16.1 Å². The van der Waals surface area contributed by atoms with E-state index in [1.54, 1.807) is 61.7 Å². The summed E-state index contributed by atoms with van der Waals surface area (Å²) in [5.74, 6) is -0.916. The molecule has 1 aromatic heterocycles. The molecule has 6 nitrogen and oxygen atoms in total. The lowest BCUT2D eigenvalue weighted by Gasteiger charge is -2.25. The quantitative estimate of drug-likeness (QED) is 0.666. The maximum atomic E-state index is 13.0.